The smallest absolute Gasteiger partial charge is 0.162 e. The van der Waals surface area contributed by atoms with E-state index in [1.165, 1.54) is 6.07 Å². The Balaban J connectivity index is 2.08. The average Bonchev–Trinajstić information content (AvgIpc) is 2.62. The standard InChI is InChI=1S/C16H12ClF2N/c17-15-10(11-5-1-7-13(18)16(11)19)4-2-8-14-12(15)6-3-9-20-14/h1-3,5-10,15H,4H2/t10-,15+/m0/s1. The van der Waals surface area contributed by atoms with Crippen molar-refractivity contribution in [1.82, 2.24) is 4.98 Å². The van der Waals surface area contributed by atoms with Crippen molar-refractivity contribution in [3.8, 4) is 0 Å². The van der Waals surface area contributed by atoms with E-state index >= 15 is 0 Å². The third-order valence-electron chi connectivity index (χ3n) is 3.57. The van der Waals surface area contributed by atoms with Crippen LogP contribution in [0.3, 0.4) is 0 Å². The van der Waals surface area contributed by atoms with E-state index in [1.54, 1.807) is 18.3 Å². The molecule has 1 heterocycles. The van der Waals surface area contributed by atoms with Crippen LogP contribution in [0.5, 0.6) is 0 Å². The summed E-state index contributed by atoms with van der Waals surface area (Å²) in [7, 11) is 0. The lowest BCUT2D eigenvalue weighted by molar-refractivity contribution is 0.485. The molecule has 2 atom stereocenters. The van der Waals surface area contributed by atoms with Gasteiger partial charge in [-0.05, 0) is 35.8 Å². The van der Waals surface area contributed by atoms with Crippen LogP contribution in [0.1, 0.15) is 34.5 Å². The second kappa shape index (κ2) is 5.33. The number of aromatic nitrogens is 1. The molecule has 0 radical (unpaired) electrons. The number of allylic oxidation sites excluding steroid dienone is 1. The number of rotatable bonds is 1. The van der Waals surface area contributed by atoms with Crippen LogP contribution < -0.4 is 0 Å². The Morgan fingerprint density at radius 2 is 1.90 bits per heavy atom. The first-order valence-electron chi connectivity index (χ1n) is 6.38. The van der Waals surface area contributed by atoms with Gasteiger partial charge in [0, 0.05) is 12.1 Å². The average molecular weight is 292 g/mol. The Labute approximate surface area is 120 Å². The topological polar surface area (TPSA) is 12.9 Å². The van der Waals surface area contributed by atoms with Crippen LogP contribution in [0.4, 0.5) is 8.78 Å². The quantitative estimate of drug-likeness (QED) is 0.685. The Hall–Kier alpha value is -1.74. The molecule has 0 fully saturated rings. The second-order valence-electron chi connectivity index (χ2n) is 4.77. The Morgan fingerprint density at radius 1 is 1.10 bits per heavy atom. The van der Waals surface area contributed by atoms with Gasteiger partial charge in [-0.25, -0.2) is 8.78 Å². The molecular formula is C16H12ClF2N. The molecule has 102 valence electrons. The minimum Gasteiger partial charge on any atom is -0.257 e. The number of alkyl halides is 1. The lowest BCUT2D eigenvalue weighted by atomic mass is 9.89. The molecule has 1 aliphatic rings. The zero-order valence-electron chi connectivity index (χ0n) is 10.6. The monoisotopic (exact) mass is 291 g/mol. The highest BCUT2D eigenvalue weighted by molar-refractivity contribution is 6.21. The molecule has 0 bridgehead atoms. The molecule has 0 saturated carbocycles. The fourth-order valence-corrected chi connectivity index (χ4v) is 2.98. The van der Waals surface area contributed by atoms with E-state index in [1.807, 2.05) is 18.2 Å². The van der Waals surface area contributed by atoms with Crippen molar-refractivity contribution in [2.24, 2.45) is 0 Å². The Morgan fingerprint density at radius 3 is 2.75 bits per heavy atom. The molecule has 20 heavy (non-hydrogen) atoms. The maximum Gasteiger partial charge on any atom is 0.162 e. The van der Waals surface area contributed by atoms with Crippen molar-refractivity contribution in [1.29, 1.82) is 0 Å². The molecule has 3 rings (SSSR count). The van der Waals surface area contributed by atoms with E-state index in [4.69, 9.17) is 11.6 Å². The molecule has 4 heteroatoms. The summed E-state index contributed by atoms with van der Waals surface area (Å²) >= 11 is 6.51. The van der Waals surface area contributed by atoms with Gasteiger partial charge in [0.15, 0.2) is 11.6 Å². The van der Waals surface area contributed by atoms with Gasteiger partial charge in [0.25, 0.3) is 0 Å². The predicted molar refractivity (Wildman–Crippen MR) is 75.6 cm³/mol. The van der Waals surface area contributed by atoms with Crippen LogP contribution in [0, 0.1) is 11.6 Å². The molecule has 1 nitrogen and oxygen atoms in total. The van der Waals surface area contributed by atoms with E-state index in [2.05, 4.69) is 4.98 Å². The summed E-state index contributed by atoms with van der Waals surface area (Å²) in [6.07, 6.45) is 6.02. The molecule has 0 saturated heterocycles. The summed E-state index contributed by atoms with van der Waals surface area (Å²) in [5.74, 6) is -1.97. The van der Waals surface area contributed by atoms with Crippen molar-refractivity contribution in [2.75, 3.05) is 0 Å². The van der Waals surface area contributed by atoms with Crippen molar-refractivity contribution in [3.63, 3.8) is 0 Å². The third-order valence-corrected chi connectivity index (χ3v) is 4.11. The minimum atomic E-state index is -0.842. The minimum absolute atomic E-state index is 0.311. The van der Waals surface area contributed by atoms with Gasteiger partial charge in [-0.2, -0.15) is 0 Å². The van der Waals surface area contributed by atoms with Gasteiger partial charge in [-0.15, -0.1) is 11.6 Å². The van der Waals surface area contributed by atoms with Gasteiger partial charge in [0.05, 0.1) is 11.1 Å². The molecular weight excluding hydrogens is 280 g/mol. The first-order valence-corrected chi connectivity index (χ1v) is 6.81. The fraction of sp³-hybridized carbons (Fsp3) is 0.188. The lowest BCUT2D eigenvalue weighted by Gasteiger charge is -2.21. The van der Waals surface area contributed by atoms with Crippen molar-refractivity contribution in [3.05, 3.63) is 71.1 Å². The molecule has 1 aliphatic carbocycles. The number of nitrogens with zero attached hydrogens (tertiary/aromatic N) is 1. The molecule has 0 amide bonds. The van der Waals surface area contributed by atoms with Gasteiger partial charge in [-0.3, -0.25) is 4.98 Å². The van der Waals surface area contributed by atoms with Gasteiger partial charge in [-0.1, -0.05) is 24.3 Å². The largest absolute Gasteiger partial charge is 0.257 e. The van der Waals surface area contributed by atoms with Crippen LogP contribution >= 0.6 is 11.6 Å². The second-order valence-corrected chi connectivity index (χ2v) is 5.24. The van der Waals surface area contributed by atoms with Crippen molar-refractivity contribution in [2.45, 2.75) is 17.7 Å². The highest BCUT2D eigenvalue weighted by Gasteiger charge is 2.28. The summed E-state index contributed by atoms with van der Waals surface area (Å²) in [4.78, 5) is 4.26. The fourth-order valence-electron chi connectivity index (χ4n) is 2.56. The van der Waals surface area contributed by atoms with Gasteiger partial charge in [0.1, 0.15) is 0 Å². The molecule has 0 aliphatic heterocycles. The maximum atomic E-state index is 14.0. The number of fused-ring (bicyclic) bond motifs is 1. The zero-order chi connectivity index (χ0) is 14.1. The Bertz CT molecular complexity index is 669. The van der Waals surface area contributed by atoms with E-state index in [9.17, 15) is 8.78 Å². The molecule has 1 aromatic carbocycles. The molecule has 0 spiro atoms. The SMILES string of the molecule is Fc1cccc([C@@H]2CC=Cc3ncccc3[C@@H]2Cl)c1F. The van der Waals surface area contributed by atoms with Crippen molar-refractivity contribution < 1.29 is 8.78 Å². The first-order chi connectivity index (χ1) is 9.68. The zero-order valence-corrected chi connectivity index (χ0v) is 11.3. The number of hydrogen-bond donors (Lipinski definition) is 0. The summed E-state index contributed by atoms with van der Waals surface area (Å²) in [6.45, 7) is 0. The van der Waals surface area contributed by atoms with Crippen molar-refractivity contribution >= 4 is 17.7 Å². The number of halogens is 3. The van der Waals surface area contributed by atoms with E-state index in [-0.39, 0.29) is 5.92 Å². The third kappa shape index (κ3) is 2.22. The number of pyridine rings is 1. The van der Waals surface area contributed by atoms with E-state index in [0.717, 1.165) is 17.3 Å². The van der Waals surface area contributed by atoms with Crippen LogP contribution in [-0.2, 0) is 0 Å². The molecule has 1 aromatic heterocycles. The lowest BCUT2D eigenvalue weighted by Crippen LogP contribution is -2.09. The van der Waals surface area contributed by atoms with Gasteiger partial charge < -0.3 is 0 Å². The normalized spacial score (nSPS) is 21.4. The van der Waals surface area contributed by atoms with E-state index < -0.39 is 17.0 Å². The predicted octanol–water partition coefficient (Wildman–Crippen LogP) is 4.84. The maximum absolute atomic E-state index is 14.0. The summed E-state index contributed by atoms with van der Waals surface area (Å²) in [6, 6.07) is 7.89. The van der Waals surface area contributed by atoms with Crippen LogP contribution in [0.15, 0.2) is 42.6 Å². The molecule has 2 aromatic rings. The molecule has 0 unspecified atom stereocenters. The van der Waals surface area contributed by atoms with Crippen LogP contribution in [0.25, 0.3) is 6.08 Å². The van der Waals surface area contributed by atoms with Gasteiger partial charge >= 0.3 is 0 Å². The summed E-state index contributed by atoms with van der Waals surface area (Å²) in [5.41, 5.74) is 1.94. The number of hydrogen-bond acceptors (Lipinski definition) is 1. The highest BCUT2D eigenvalue weighted by Crippen LogP contribution is 2.43. The van der Waals surface area contributed by atoms with Crippen LogP contribution in [0.2, 0.25) is 0 Å². The molecule has 0 N–H and O–H groups in total. The highest BCUT2D eigenvalue weighted by atomic mass is 35.5. The summed E-state index contributed by atoms with van der Waals surface area (Å²) < 4.78 is 27.4. The summed E-state index contributed by atoms with van der Waals surface area (Å²) in [5, 5.41) is -0.440. The van der Waals surface area contributed by atoms with Crippen LogP contribution in [-0.4, -0.2) is 4.98 Å². The van der Waals surface area contributed by atoms with Gasteiger partial charge in [0.2, 0.25) is 0 Å². The number of benzene rings is 1. The van der Waals surface area contributed by atoms with E-state index in [0.29, 0.717) is 12.0 Å². The first kappa shape index (κ1) is 13.3. The Kier molecular flexibility index (Phi) is 3.53.